The molecule has 1 aromatic heterocycles. The minimum absolute atomic E-state index is 0.114. The maximum atomic E-state index is 11.5. The third-order valence-electron chi connectivity index (χ3n) is 2.19. The highest BCUT2D eigenvalue weighted by atomic mass is 32.1. The van der Waals surface area contributed by atoms with E-state index in [1.54, 1.807) is 30.3 Å². The fourth-order valence-corrected chi connectivity index (χ4v) is 2.15. The number of likely N-dealkylation sites (N-methyl/N-ethyl adjacent to an activating group) is 1. The second-order valence-corrected chi connectivity index (χ2v) is 5.22. The molecule has 1 rings (SSSR count). The first-order valence-corrected chi connectivity index (χ1v) is 5.82. The van der Waals surface area contributed by atoms with E-state index in [9.17, 15) is 4.79 Å². The van der Waals surface area contributed by atoms with Gasteiger partial charge in [0.1, 0.15) is 0 Å². The van der Waals surface area contributed by atoms with Crippen LogP contribution in [-0.2, 0) is 11.3 Å². The first kappa shape index (κ1) is 12.2. The summed E-state index contributed by atoms with van der Waals surface area (Å²) in [5.74, 6) is 0.114. The molecule has 1 aromatic rings. The summed E-state index contributed by atoms with van der Waals surface area (Å²) >= 11 is 1.76. The molecule has 4 heteroatoms. The molecule has 0 aliphatic heterocycles. The third kappa shape index (κ3) is 3.64. The summed E-state index contributed by atoms with van der Waals surface area (Å²) in [6.45, 7) is 4.74. The van der Waals surface area contributed by atoms with Crippen LogP contribution in [0.25, 0.3) is 0 Å². The molecule has 0 aromatic carbocycles. The second-order valence-electron chi connectivity index (χ2n) is 3.85. The zero-order chi connectivity index (χ0) is 11.4. The van der Waals surface area contributed by atoms with E-state index in [2.05, 4.69) is 24.4 Å². The number of hydrogen-bond acceptors (Lipinski definition) is 3. The minimum atomic E-state index is -0.123. The zero-order valence-corrected chi connectivity index (χ0v) is 10.5. The van der Waals surface area contributed by atoms with E-state index < -0.39 is 0 Å². The summed E-state index contributed by atoms with van der Waals surface area (Å²) in [7, 11) is 3.55. The third-order valence-corrected chi connectivity index (χ3v) is 3.19. The lowest BCUT2D eigenvalue weighted by Gasteiger charge is -2.17. The van der Waals surface area contributed by atoms with Crippen LogP contribution in [0.5, 0.6) is 0 Å². The SMILES string of the molecule is Cc1ccc(CN[C@@H](C)C(=O)N(C)C)s1. The number of aryl methyl sites for hydroxylation is 1. The van der Waals surface area contributed by atoms with Crippen LogP contribution in [0.1, 0.15) is 16.7 Å². The first-order valence-electron chi connectivity index (χ1n) is 5.00. The molecule has 15 heavy (non-hydrogen) atoms. The molecule has 84 valence electrons. The number of thiophene rings is 1. The van der Waals surface area contributed by atoms with Crippen molar-refractivity contribution >= 4 is 17.2 Å². The summed E-state index contributed by atoms with van der Waals surface area (Å²) in [6.07, 6.45) is 0. The van der Waals surface area contributed by atoms with E-state index in [0.717, 1.165) is 6.54 Å². The standard InChI is InChI=1S/C11H18N2OS/c1-8-5-6-10(15-8)7-12-9(2)11(14)13(3)4/h5-6,9,12H,7H2,1-4H3/t9-/m0/s1. The molecule has 0 aliphatic rings. The molecule has 1 atom stereocenters. The Morgan fingerprint density at radius 1 is 1.53 bits per heavy atom. The van der Waals surface area contributed by atoms with Gasteiger partial charge in [-0.15, -0.1) is 11.3 Å². The fourth-order valence-electron chi connectivity index (χ4n) is 1.31. The largest absolute Gasteiger partial charge is 0.347 e. The average molecular weight is 226 g/mol. The molecular weight excluding hydrogens is 208 g/mol. The van der Waals surface area contributed by atoms with Crippen LogP contribution in [0.15, 0.2) is 12.1 Å². The van der Waals surface area contributed by atoms with Gasteiger partial charge in [-0.05, 0) is 26.0 Å². The molecule has 0 spiro atoms. The van der Waals surface area contributed by atoms with Crippen molar-refractivity contribution in [1.29, 1.82) is 0 Å². The molecular formula is C11H18N2OS. The van der Waals surface area contributed by atoms with Gasteiger partial charge in [-0.2, -0.15) is 0 Å². The predicted molar refractivity (Wildman–Crippen MR) is 64.1 cm³/mol. The van der Waals surface area contributed by atoms with Gasteiger partial charge in [-0.1, -0.05) is 0 Å². The van der Waals surface area contributed by atoms with Crippen molar-refractivity contribution in [2.45, 2.75) is 26.4 Å². The van der Waals surface area contributed by atoms with Crippen molar-refractivity contribution < 1.29 is 4.79 Å². The lowest BCUT2D eigenvalue weighted by atomic mass is 10.3. The normalized spacial score (nSPS) is 12.5. The van der Waals surface area contributed by atoms with Gasteiger partial charge < -0.3 is 10.2 Å². The smallest absolute Gasteiger partial charge is 0.238 e. The molecule has 0 unspecified atom stereocenters. The van der Waals surface area contributed by atoms with Crippen molar-refractivity contribution in [2.24, 2.45) is 0 Å². The Bertz CT molecular complexity index is 333. The molecule has 1 N–H and O–H groups in total. The van der Waals surface area contributed by atoms with E-state index >= 15 is 0 Å². The van der Waals surface area contributed by atoms with Gasteiger partial charge in [0.25, 0.3) is 0 Å². The van der Waals surface area contributed by atoms with E-state index in [-0.39, 0.29) is 11.9 Å². The van der Waals surface area contributed by atoms with Gasteiger partial charge in [-0.25, -0.2) is 0 Å². The molecule has 0 saturated heterocycles. The maximum Gasteiger partial charge on any atom is 0.238 e. The van der Waals surface area contributed by atoms with Gasteiger partial charge in [-0.3, -0.25) is 4.79 Å². The Hall–Kier alpha value is -0.870. The van der Waals surface area contributed by atoms with Crippen LogP contribution in [0.3, 0.4) is 0 Å². The van der Waals surface area contributed by atoms with Gasteiger partial charge in [0.05, 0.1) is 6.04 Å². The highest BCUT2D eigenvalue weighted by molar-refractivity contribution is 7.11. The van der Waals surface area contributed by atoms with Gasteiger partial charge >= 0.3 is 0 Å². The van der Waals surface area contributed by atoms with Crippen LogP contribution in [0, 0.1) is 6.92 Å². The summed E-state index contributed by atoms with van der Waals surface area (Å²) in [5.41, 5.74) is 0. The number of amides is 1. The summed E-state index contributed by atoms with van der Waals surface area (Å²) in [4.78, 5) is 15.7. The number of hydrogen-bond donors (Lipinski definition) is 1. The predicted octanol–water partition coefficient (Wildman–Crippen LogP) is 1.62. The highest BCUT2D eigenvalue weighted by Crippen LogP contribution is 2.14. The fraction of sp³-hybridized carbons (Fsp3) is 0.545. The first-order chi connectivity index (χ1) is 7.00. The Balaban J connectivity index is 2.40. The van der Waals surface area contributed by atoms with Crippen LogP contribution < -0.4 is 5.32 Å². The van der Waals surface area contributed by atoms with Gasteiger partial charge in [0, 0.05) is 30.4 Å². The number of carbonyl (C=O) groups excluding carboxylic acids is 1. The van der Waals surface area contributed by atoms with Crippen molar-refractivity contribution in [1.82, 2.24) is 10.2 Å². The molecule has 3 nitrogen and oxygen atoms in total. The molecule has 1 heterocycles. The van der Waals surface area contributed by atoms with E-state index in [1.807, 2.05) is 6.92 Å². The maximum absolute atomic E-state index is 11.5. The second kappa shape index (κ2) is 5.28. The molecule has 0 bridgehead atoms. The summed E-state index contributed by atoms with van der Waals surface area (Å²) < 4.78 is 0. The van der Waals surface area contributed by atoms with Crippen molar-refractivity contribution in [3.05, 3.63) is 21.9 Å². The topological polar surface area (TPSA) is 32.3 Å². The Kier molecular flexibility index (Phi) is 4.29. The number of nitrogens with one attached hydrogen (secondary N) is 1. The van der Waals surface area contributed by atoms with Crippen LogP contribution in [0.2, 0.25) is 0 Å². The Morgan fingerprint density at radius 3 is 2.67 bits per heavy atom. The van der Waals surface area contributed by atoms with Crippen molar-refractivity contribution in [2.75, 3.05) is 14.1 Å². The van der Waals surface area contributed by atoms with Crippen molar-refractivity contribution in [3.8, 4) is 0 Å². The van der Waals surface area contributed by atoms with Crippen LogP contribution >= 0.6 is 11.3 Å². The summed E-state index contributed by atoms with van der Waals surface area (Å²) in [5, 5.41) is 3.21. The molecule has 0 fully saturated rings. The Morgan fingerprint density at radius 2 is 2.20 bits per heavy atom. The lowest BCUT2D eigenvalue weighted by molar-refractivity contribution is -0.130. The van der Waals surface area contributed by atoms with E-state index in [1.165, 1.54) is 9.75 Å². The minimum Gasteiger partial charge on any atom is -0.347 e. The number of nitrogens with zero attached hydrogens (tertiary/aromatic N) is 1. The average Bonchev–Trinajstić information content (AvgIpc) is 2.59. The molecule has 1 amide bonds. The lowest BCUT2D eigenvalue weighted by Crippen LogP contribution is -2.40. The van der Waals surface area contributed by atoms with Crippen molar-refractivity contribution in [3.63, 3.8) is 0 Å². The monoisotopic (exact) mass is 226 g/mol. The quantitative estimate of drug-likeness (QED) is 0.846. The number of carbonyl (C=O) groups is 1. The van der Waals surface area contributed by atoms with Gasteiger partial charge in [0.15, 0.2) is 0 Å². The number of rotatable bonds is 4. The molecule has 0 saturated carbocycles. The van der Waals surface area contributed by atoms with E-state index in [4.69, 9.17) is 0 Å². The highest BCUT2D eigenvalue weighted by Gasteiger charge is 2.13. The molecule has 0 aliphatic carbocycles. The van der Waals surface area contributed by atoms with Crippen LogP contribution in [-0.4, -0.2) is 30.9 Å². The Labute approximate surface area is 95.1 Å². The molecule has 0 radical (unpaired) electrons. The summed E-state index contributed by atoms with van der Waals surface area (Å²) in [6, 6.07) is 4.07. The van der Waals surface area contributed by atoms with Gasteiger partial charge in [0.2, 0.25) is 5.91 Å². The zero-order valence-electron chi connectivity index (χ0n) is 9.70. The van der Waals surface area contributed by atoms with E-state index in [0.29, 0.717) is 0 Å². The van der Waals surface area contributed by atoms with Crippen LogP contribution in [0.4, 0.5) is 0 Å².